The van der Waals surface area contributed by atoms with Crippen molar-refractivity contribution in [3.05, 3.63) is 52.9 Å². The number of benzene rings is 1. The van der Waals surface area contributed by atoms with Gasteiger partial charge in [0.2, 0.25) is 5.91 Å². The molecule has 2 aromatic heterocycles. The minimum atomic E-state index is 0.0361. The molecule has 4 heterocycles. The van der Waals surface area contributed by atoms with E-state index in [2.05, 4.69) is 54.1 Å². The summed E-state index contributed by atoms with van der Waals surface area (Å²) in [5.74, 6) is 0.833. The first-order valence-corrected chi connectivity index (χ1v) is 13.8. The van der Waals surface area contributed by atoms with Gasteiger partial charge in [0.15, 0.2) is 0 Å². The maximum Gasteiger partial charge on any atom is 0.246 e. The fourth-order valence-corrected chi connectivity index (χ4v) is 6.79. The average Bonchev–Trinajstić information content (AvgIpc) is 3.54. The fraction of sp³-hybridized carbons (Fsp3) is 0.484. The predicted octanol–water partition coefficient (Wildman–Crippen LogP) is 4.56. The molecule has 8 nitrogen and oxygen atoms in total. The molecule has 0 atom stereocenters. The molecule has 1 N–H and O–H groups in total. The molecule has 2 fully saturated rings. The summed E-state index contributed by atoms with van der Waals surface area (Å²) in [6.45, 7) is 10.3. The molecule has 0 saturated carbocycles. The molecule has 1 aromatic carbocycles. The number of anilines is 1. The zero-order valence-electron chi connectivity index (χ0n) is 23.3. The molecule has 0 bridgehead atoms. The highest BCUT2D eigenvalue weighted by Gasteiger charge is 2.49. The number of ether oxygens (including phenoxy) is 1. The quantitative estimate of drug-likeness (QED) is 0.492. The van der Waals surface area contributed by atoms with E-state index in [1.165, 1.54) is 5.56 Å². The van der Waals surface area contributed by atoms with Gasteiger partial charge in [-0.15, -0.1) is 0 Å². The number of nitrogens with one attached hydrogen (secondary N) is 1. The van der Waals surface area contributed by atoms with Crippen LogP contribution in [0.4, 0.5) is 5.82 Å². The summed E-state index contributed by atoms with van der Waals surface area (Å²) < 4.78 is 5.02. The minimum absolute atomic E-state index is 0.0361. The van der Waals surface area contributed by atoms with Gasteiger partial charge in [0.25, 0.3) is 0 Å². The van der Waals surface area contributed by atoms with E-state index < -0.39 is 0 Å². The molecule has 2 aliphatic heterocycles. The number of likely N-dealkylation sites (tertiary alicyclic amines) is 1. The first-order valence-electron chi connectivity index (χ1n) is 13.8. The lowest BCUT2D eigenvalue weighted by atomic mass is 9.73. The van der Waals surface area contributed by atoms with Gasteiger partial charge >= 0.3 is 0 Å². The molecule has 1 amide bonds. The highest BCUT2D eigenvalue weighted by Crippen LogP contribution is 2.47. The normalized spacial score (nSPS) is 19.5. The van der Waals surface area contributed by atoms with E-state index in [4.69, 9.17) is 9.72 Å². The van der Waals surface area contributed by atoms with Crippen LogP contribution in [0.25, 0.3) is 22.0 Å². The summed E-state index contributed by atoms with van der Waals surface area (Å²) >= 11 is 0. The maximum atomic E-state index is 12.5. The Bertz CT molecular complexity index is 1520. The first-order chi connectivity index (χ1) is 18.7. The van der Waals surface area contributed by atoms with Gasteiger partial charge in [0.1, 0.15) is 17.5 Å². The first kappa shape index (κ1) is 25.6. The van der Waals surface area contributed by atoms with Gasteiger partial charge < -0.3 is 14.5 Å². The van der Waals surface area contributed by atoms with Crippen LogP contribution in [0.2, 0.25) is 0 Å². The summed E-state index contributed by atoms with van der Waals surface area (Å²) in [7, 11) is 1.62. The van der Waals surface area contributed by atoms with Gasteiger partial charge in [-0.25, -0.2) is 4.98 Å². The maximum absolute atomic E-state index is 12.5. The van der Waals surface area contributed by atoms with Crippen molar-refractivity contribution in [2.24, 2.45) is 10.8 Å². The van der Waals surface area contributed by atoms with E-state index >= 15 is 0 Å². The Morgan fingerprint density at radius 3 is 2.82 bits per heavy atom. The number of amides is 1. The van der Waals surface area contributed by atoms with Crippen molar-refractivity contribution in [3.8, 4) is 17.2 Å². The Hall–Kier alpha value is -3.70. The second-order valence-corrected chi connectivity index (χ2v) is 12.4. The van der Waals surface area contributed by atoms with Crippen LogP contribution in [0.1, 0.15) is 49.1 Å². The molecule has 3 aliphatic rings. The van der Waals surface area contributed by atoms with E-state index in [1.807, 2.05) is 11.1 Å². The fourth-order valence-electron chi connectivity index (χ4n) is 6.79. The predicted molar refractivity (Wildman–Crippen MR) is 151 cm³/mol. The van der Waals surface area contributed by atoms with Crippen molar-refractivity contribution in [1.29, 1.82) is 5.26 Å². The molecule has 39 heavy (non-hydrogen) atoms. The molecular formula is C31H36N6O2. The zero-order chi connectivity index (χ0) is 27.4. The van der Waals surface area contributed by atoms with Gasteiger partial charge in [0.05, 0.1) is 18.3 Å². The molecule has 1 spiro atoms. The van der Waals surface area contributed by atoms with E-state index in [-0.39, 0.29) is 16.7 Å². The third-order valence-corrected chi connectivity index (χ3v) is 8.88. The molecule has 202 valence electrons. The van der Waals surface area contributed by atoms with Crippen molar-refractivity contribution in [3.63, 3.8) is 0 Å². The second-order valence-electron chi connectivity index (χ2n) is 12.4. The van der Waals surface area contributed by atoms with Gasteiger partial charge in [-0.3, -0.25) is 9.89 Å². The van der Waals surface area contributed by atoms with Gasteiger partial charge in [-0.1, -0.05) is 26.0 Å². The van der Waals surface area contributed by atoms with E-state index in [1.54, 1.807) is 19.3 Å². The van der Waals surface area contributed by atoms with Crippen molar-refractivity contribution in [1.82, 2.24) is 20.1 Å². The van der Waals surface area contributed by atoms with Crippen molar-refractivity contribution < 1.29 is 9.53 Å². The number of aryl methyl sites for hydroxylation is 1. The Morgan fingerprint density at radius 1 is 1.23 bits per heavy atom. The highest BCUT2D eigenvalue weighted by molar-refractivity contribution is 5.99. The average molecular weight is 525 g/mol. The third kappa shape index (κ3) is 4.39. The molecule has 1 aliphatic carbocycles. The van der Waals surface area contributed by atoms with Crippen LogP contribution in [0.3, 0.4) is 0 Å². The van der Waals surface area contributed by atoms with Crippen LogP contribution in [0.15, 0.2) is 30.5 Å². The van der Waals surface area contributed by atoms with Gasteiger partial charge in [0, 0.05) is 61.4 Å². The zero-order valence-corrected chi connectivity index (χ0v) is 23.3. The number of nitriles is 1. The Labute approximate surface area is 229 Å². The SMILES string of the molecule is COC/C=C/C(=O)N1CC2(CCN(c3nc4c(c(-c5c(C)ccc6[nH]ncc56)c3C#N)CCC(C)(C)C4)C2)C1. The Kier molecular flexibility index (Phi) is 6.22. The number of hydrogen-bond donors (Lipinski definition) is 1. The second kappa shape index (κ2) is 9.49. The van der Waals surface area contributed by atoms with E-state index in [0.717, 1.165) is 91.0 Å². The number of hydrogen-bond acceptors (Lipinski definition) is 6. The lowest BCUT2D eigenvalue weighted by Crippen LogP contribution is -2.59. The summed E-state index contributed by atoms with van der Waals surface area (Å²) in [4.78, 5) is 22.0. The van der Waals surface area contributed by atoms with Gasteiger partial charge in [-0.05, 0) is 60.8 Å². The molecule has 8 heteroatoms. The van der Waals surface area contributed by atoms with Crippen LogP contribution in [0.5, 0.6) is 0 Å². The molecule has 3 aromatic rings. The van der Waals surface area contributed by atoms with E-state index in [9.17, 15) is 10.1 Å². The summed E-state index contributed by atoms with van der Waals surface area (Å²) in [6, 6.07) is 6.77. The number of fused-ring (bicyclic) bond motifs is 2. The molecular weight excluding hydrogens is 488 g/mol. The van der Waals surface area contributed by atoms with Gasteiger partial charge in [-0.2, -0.15) is 10.4 Å². The summed E-state index contributed by atoms with van der Waals surface area (Å²) in [5, 5.41) is 19.1. The highest BCUT2D eigenvalue weighted by atomic mass is 16.5. The number of carbonyl (C=O) groups is 1. The number of carbonyl (C=O) groups excluding carboxylic acids is 1. The lowest BCUT2D eigenvalue weighted by molar-refractivity contribution is -0.136. The number of aromatic nitrogens is 3. The van der Waals surface area contributed by atoms with Crippen molar-refractivity contribution in [2.45, 2.75) is 46.5 Å². The molecule has 2 saturated heterocycles. The van der Waals surface area contributed by atoms with Crippen molar-refractivity contribution in [2.75, 3.05) is 44.8 Å². The Morgan fingerprint density at radius 2 is 2.05 bits per heavy atom. The number of H-pyrrole nitrogens is 1. The van der Waals surface area contributed by atoms with Crippen LogP contribution in [-0.4, -0.2) is 65.9 Å². The standard InChI is InChI=1S/C31H36N6O2/c1-20-7-8-24-23(16-33-35-24)27(20)28-21-9-10-30(2,3)14-25(21)34-29(22(28)15-32)36-12-11-31(17-36)18-37(19-31)26(38)6-5-13-39-4/h5-8,16H,9-14,17-19H2,1-4H3,(H,33,35)/b6-5+. The lowest BCUT2D eigenvalue weighted by Gasteiger charge is -2.47. The van der Waals surface area contributed by atoms with Crippen LogP contribution >= 0.6 is 0 Å². The van der Waals surface area contributed by atoms with E-state index in [0.29, 0.717) is 12.2 Å². The van der Waals surface area contributed by atoms with Crippen LogP contribution in [0, 0.1) is 29.1 Å². The number of aromatic amines is 1. The van der Waals surface area contributed by atoms with Crippen LogP contribution < -0.4 is 4.90 Å². The monoisotopic (exact) mass is 524 g/mol. The minimum Gasteiger partial charge on any atom is -0.381 e. The molecule has 6 rings (SSSR count). The molecule has 0 unspecified atom stereocenters. The summed E-state index contributed by atoms with van der Waals surface area (Å²) in [6.07, 6.45) is 9.09. The number of nitrogens with zero attached hydrogens (tertiary/aromatic N) is 5. The number of methoxy groups -OCH3 is 1. The third-order valence-electron chi connectivity index (χ3n) is 8.88. The Balaban J connectivity index is 1.40. The van der Waals surface area contributed by atoms with Crippen molar-refractivity contribution >= 4 is 22.6 Å². The number of rotatable bonds is 5. The number of pyridine rings is 1. The van der Waals surface area contributed by atoms with Crippen LogP contribution in [-0.2, 0) is 22.4 Å². The smallest absolute Gasteiger partial charge is 0.246 e. The largest absolute Gasteiger partial charge is 0.381 e. The molecule has 0 radical (unpaired) electrons. The summed E-state index contributed by atoms with van der Waals surface area (Å²) in [5.41, 5.74) is 7.44. The topological polar surface area (TPSA) is 98.1 Å².